The predicted octanol–water partition coefficient (Wildman–Crippen LogP) is 4.98. The van der Waals surface area contributed by atoms with Crippen LogP contribution in [-0.4, -0.2) is 33.9 Å². The second-order valence-electron chi connectivity index (χ2n) is 8.09. The molecule has 0 bridgehead atoms. The summed E-state index contributed by atoms with van der Waals surface area (Å²) in [7, 11) is 0. The van der Waals surface area contributed by atoms with Crippen molar-refractivity contribution in [2.75, 3.05) is 13.2 Å². The molecule has 7 nitrogen and oxygen atoms in total. The molecule has 0 unspecified atom stereocenters. The lowest BCUT2D eigenvalue weighted by Gasteiger charge is -2.09. The number of benzene rings is 2. The molecule has 0 atom stereocenters. The number of halogens is 1. The van der Waals surface area contributed by atoms with Crippen molar-refractivity contribution in [3.05, 3.63) is 106 Å². The van der Waals surface area contributed by atoms with Crippen molar-refractivity contribution in [1.82, 2.24) is 20.1 Å². The zero-order valence-electron chi connectivity index (χ0n) is 19.7. The molecule has 2 heterocycles. The zero-order chi connectivity index (χ0) is 24.6. The molecule has 2 aromatic heterocycles. The Bertz CT molecular complexity index is 1260. The van der Waals surface area contributed by atoms with E-state index in [0.29, 0.717) is 48.6 Å². The van der Waals surface area contributed by atoms with Crippen LogP contribution in [0.5, 0.6) is 11.6 Å². The van der Waals surface area contributed by atoms with E-state index in [1.807, 2.05) is 67.6 Å². The zero-order valence-corrected chi connectivity index (χ0v) is 20.5. The molecule has 4 rings (SSSR count). The van der Waals surface area contributed by atoms with E-state index in [4.69, 9.17) is 21.1 Å². The SMILES string of the molecule is Cc1ccc(Cn2nc(C)c(C(=O)NCc3ccc(OCCOc4ccccc4)nc3)c2Cl)cc1. The molecular formula is C27H27ClN4O3. The predicted molar refractivity (Wildman–Crippen MR) is 135 cm³/mol. The number of carbonyl (C=O) groups is 1. The Kier molecular flexibility index (Phi) is 8.00. The fourth-order valence-corrected chi connectivity index (χ4v) is 3.80. The molecule has 0 saturated carbocycles. The first-order chi connectivity index (χ1) is 17.0. The average Bonchev–Trinajstić information content (AvgIpc) is 3.15. The number of aryl methyl sites for hydroxylation is 2. The highest BCUT2D eigenvalue weighted by molar-refractivity contribution is 6.33. The first-order valence-electron chi connectivity index (χ1n) is 11.3. The first-order valence-corrected chi connectivity index (χ1v) is 11.7. The number of nitrogens with zero attached hydrogens (tertiary/aromatic N) is 3. The highest BCUT2D eigenvalue weighted by Crippen LogP contribution is 2.21. The van der Waals surface area contributed by atoms with Crippen LogP contribution in [0.15, 0.2) is 72.9 Å². The second-order valence-corrected chi connectivity index (χ2v) is 8.45. The number of hydrogen-bond acceptors (Lipinski definition) is 5. The van der Waals surface area contributed by atoms with Crippen LogP contribution in [0.25, 0.3) is 0 Å². The number of amides is 1. The molecular weight excluding hydrogens is 464 g/mol. The molecule has 8 heteroatoms. The molecule has 0 saturated heterocycles. The monoisotopic (exact) mass is 490 g/mol. The van der Waals surface area contributed by atoms with Gasteiger partial charge in [0, 0.05) is 18.8 Å². The third kappa shape index (κ3) is 6.61. The maximum Gasteiger partial charge on any atom is 0.256 e. The van der Waals surface area contributed by atoms with Gasteiger partial charge in [-0.3, -0.25) is 4.79 Å². The van der Waals surface area contributed by atoms with Gasteiger partial charge in [-0.05, 0) is 37.1 Å². The van der Waals surface area contributed by atoms with Crippen LogP contribution in [0.2, 0.25) is 5.15 Å². The highest BCUT2D eigenvalue weighted by Gasteiger charge is 2.20. The molecule has 0 radical (unpaired) electrons. The van der Waals surface area contributed by atoms with Crippen molar-refractivity contribution in [1.29, 1.82) is 0 Å². The van der Waals surface area contributed by atoms with Gasteiger partial charge in [-0.25, -0.2) is 9.67 Å². The third-order valence-corrected chi connectivity index (χ3v) is 5.73. The summed E-state index contributed by atoms with van der Waals surface area (Å²) < 4.78 is 12.9. The minimum Gasteiger partial charge on any atom is -0.490 e. The van der Waals surface area contributed by atoms with Crippen LogP contribution in [0.4, 0.5) is 0 Å². The summed E-state index contributed by atoms with van der Waals surface area (Å²) >= 11 is 6.51. The number of hydrogen-bond donors (Lipinski definition) is 1. The lowest BCUT2D eigenvalue weighted by molar-refractivity contribution is 0.0950. The van der Waals surface area contributed by atoms with E-state index in [1.165, 1.54) is 5.56 Å². The Morgan fingerprint density at radius 3 is 2.37 bits per heavy atom. The van der Waals surface area contributed by atoms with E-state index < -0.39 is 0 Å². The molecule has 2 aromatic carbocycles. The van der Waals surface area contributed by atoms with Gasteiger partial charge in [0.15, 0.2) is 0 Å². The van der Waals surface area contributed by atoms with Gasteiger partial charge in [-0.2, -0.15) is 5.10 Å². The van der Waals surface area contributed by atoms with Crippen molar-refractivity contribution in [2.45, 2.75) is 26.9 Å². The molecule has 0 fully saturated rings. The Morgan fingerprint density at radius 1 is 0.943 bits per heavy atom. The molecule has 0 spiro atoms. The molecule has 0 aliphatic rings. The Morgan fingerprint density at radius 2 is 1.66 bits per heavy atom. The summed E-state index contributed by atoms with van der Waals surface area (Å²) in [6.45, 7) is 5.41. The van der Waals surface area contributed by atoms with Crippen molar-refractivity contribution in [3.63, 3.8) is 0 Å². The summed E-state index contributed by atoms with van der Waals surface area (Å²) in [5, 5.41) is 7.67. The van der Waals surface area contributed by atoms with Gasteiger partial charge in [-0.15, -0.1) is 0 Å². The third-order valence-electron chi connectivity index (χ3n) is 5.34. The highest BCUT2D eigenvalue weighted by atomic mass is 35.5. The van der Waals surface area contributed by atoms with Crippen molar-refractivity contribution >= 4 is 17.5 Å². The largest absolute Gasteiger partial charge is 0.490 e. The minimum absolute atomic E-state index is 0.277. The van der Waals surface area contributed by atoms with Crippen LogP contribution in [0, 0.1) is 13.8 Å². The Balaban J connectivity index is 1.27. The van der Waals surface area contributed by atoms with Crippen LogP contribution >= 0.6 is 11.6 Å². The fraction of sp³-hybridized carbons (Fsp3) is 0.222. The standard InChI is InChI=1S/C27H27ClN4O3/c1-19-8-10-21(11-9-19)18-32-26(28)25(20(2)31-32)27(33)30-17-22-12-13-24(29-16-22)35-15-14-34-23-6-4-3-5-7-23/h3-13,16H,14-15,17-18H2,1-2H3,(H,30,33). The number of ether oxygens (including phenoxy) is 2. The van der Waals surface area contributed by atoms with E-state index in [2.05, 4.69) is 15.4 Å². The summed E-state index contributed by atoms with van der Waals surface area (Å²) in [5.74, 6) is 1.01. The summed E-state index contributed by atoms with van der Waals surface area (Å²) in [6, 6.07) is 21.3. The average molecular weight is 491 g/mol. The van der Waals surface area contributed by atoms with Gasteiger partial charge < -0.3 is 14.8 Å². The van der Waals surface area contributed by atoms with Crippen molar-refractivity contribution < 1.29 is 14.3 Å². The maximum absolute atomic E-state index is 12.8. The molecule has 4 aromatic rings. The second kappa shape index (κ2) is 11.5. The molecule has 0 aliphatic carbocycles. The number of para-hydroxylation sites is 1. The van der Waals surface area contributed by atoms with Gasteiger partial charge in [-0.1, -0.05) is 65.7 Å². The number of aromatic nitrogens is 3. The Hall–Kier alpha value is -3.84. The minimum atomic E-state index is -0.277. The number of pyridine rings is 1. The van der Waals surface area contributed by atoms with Gasteiger partial charge in [0.1, 0.15) is 24.1 Å². The molecule has 180 valence electrons. The maximum atomic E-state index is 12.8. The number of rotatable bonds is 10. The van der Waals surface area contributed by atoms with E-state index in [1.54, 1.807) is 23.9 Å². The quantitative estimate of drug-likeness (QED) is 0.317. The van der Waals surface area contributed by atoms with Crippen molar-refractivity contribution in [2.24, 2.45) is 0 Å². The van der Waals surface area contributed by atoms with Gasteiger partial charge >= 0.3 is 0 Å². The van der Waals surface area contributed by atoms with E-state index in [9.17, 15) is 4.79 Å². The van der Waals surface area contributed by atoms with Crippen LogP contribution in [-0.2, 0) is 13.1 Å². The lowest BCUT2D eigenvalue weighted by atomic mass is 10.1. The molecule has 35 heavy (non-hydrogen) atoms. The topological polar surface area (TPSA) is 78.3 Å². The van der Waals surface area contributed by atoms with E-state index in [-0.39, 0.29) is 5.91 Å². The van der Waals surface area contributed by atoms with Crippen LogP contribution < -0.4 is 14.8 Å². The normalized spacial score (nSPS) is 10.7. The molecule has 1 amide bonds. The smallest absolute Gasteiger partial charge is 0.256 e. The summed E-state index contributed by atoms with van der Waals surface area (Å²) in [6.07, 6.45) is 1.67. The van der Waals surface area contributed by atoms with Gasteiger partial charge in [0.25, 0.3) is 5.91 Å². The van der Waals surface area contributed by atoms with Gasteiger partial charge in [0.05, 0.1) is 17.8 Å². The van der Waals surface area contributed by atoms with Crippen molar-refractivity contribution in [3.8, 4) is 11.6 Å². The lowest BCUT2D eigenvalue weighted by Crippen LogP contribution is -2.23. The summed E-state index contributed by atoms with van der Waals surface area (Å²) in [5.41, 5.74) is 4.05. The van der Waals surface area contributed by atoms with E-state index in [0.717, 1.165) is 16.9 Å². The first kappa shape index (κ1) is 24.3. The number of nitrogens with one attached hydrogen (secondary N) is 1. The number of carbonyl (C=O) groups excluding carboxylic acids is 1. The van der Waals surface area contributed by atoms with E-state index >= 15 is 0 Å². The molecule has 1 N–H and O–H groups in total. The van der Waals surface area contributed by atoms with Crippen LogP contribution in [0.3, 0.4) is 0 Å². The summed E-state index contributed by atoms with van der Waals surface area (Å²) in [4.78, 5) is 17.1. The van der Waals surface area contributed by atoms with Gasteiger partial charge in [0.2, 0.25) is 5.88 Å². The molecule has 0 aliphatic heterocycles. The fourth-order valence-electron chi connectivity index (χ4n) is 3.48. The van der Waals surface area contributed by atoms with Crippen LogP contribution in [0.1, 0.15) is 32.7 Å². The Labute approximate surface area is 209 Å².